The molecule has 2 aliphatic rings. The smallest absolute Gasteiger partial charge is 0.234 e. The van der Waals surface area contributed by atoms with Gasteiger partial charge < -0.3 is 5.32 Å². The third kappa shape index (κ3) is 2.67. The Bertz CT molecular complexity index is 466. The quantitative estimate of drug-likeness (QED) is 0.900. The van der Waals surface area contributed by atoms with Gasteiger partial charge in [-0.25, -0.2) is 4.98 Å². The van der Waals surface area contributed by atoms with E-state index in [1.54, 1.807) is 11.3 Å². The van der Waals surface area contributed by atoms with Gasteiger partial charge in [-0.05, 0) is 26.7 Å². The van der Waals surface area contributed by atoms with E-state index in [4.69, 9.17) is 0 Å². The number of carbonyl (C=O) groups excluding carboxylic acids is 1. The van der Waals surface area contributed by atoms with Crippen molar-refractivity contribution in [2.45, 2.75) is 58.2 Å². The maximum absolute atomic E-state index is 11.8. The summed E-state index contributed by atoms with van der Waals surface area (Å²) in [6, 6.07) is 0.869. The highest BCUT2D eigenvalue weighted by atomic mass is 32.1. The summed E-state index contributed by atoms with van der Waals surface area (Å²) in [6.45, 7) is 5.53. The van der Waals surface area contributed by atoms with Crippen LogP contribution in [0.2, 0.25) is 0 Å². The van der Waals surface area contributed by atoms with Crippen molar-refractivity contribution in [3.05, 3.63) is 15.6 Å². The van der Waals surface area contributed by atoms with Gasteiger partial charge >= 0.3 is 0 Å². The zero-order valence-electron chi connectivity index (χ0n) is 11.6. The van der Waals surface area contributed by atoms with Gasteiger partial charge in [-0.15, -0.1) is 11.3 Å². The lowest BCUT2D eigenvalue weighted by Gasteiger charge is -2.43. The van der Waals surface area contributed by atoms with Gasteiger partial charge in [0.15, 0.2) is 0 Å². The Morgan fingerprint density at radius 3 is 2.89 bits per heavy atom. The van der Waals surface area contributed by atoms with Crippen molar-refractivity contribution < 1.29 is 4.79 Å². The molecule has 0 aromatic carbocycles. The predicted octanol–water partition coefficient (Wildman–Crippen LogP) is 2.00. The summed E-state index contributed by atoms with van der Waals surface area (Å²) in [5.74, 6) is 0.174. The molecule has 2 heterocycles. The van der Waals surface area contributed by atoms with Gasteiger partial charge in [0.05, 0.1) is 18.8 Å². The Kier molecular flexibility index (Phi) is 3.58. The van der Waals surface area contributed by atoms with E-state index in [1.165, 1.54) is 24.1 Å². The van der Waals surface area contributed by atoms with Crippen LogP contribution in [0.1, 0.15) is 41.3 Å². The Hall–Kier alpha value is -0.940. The standard InChI is InChI=1S/C14H21N3OS/c1-9-10(2)19-14(15-9)8-17-7-13(18)16-11-5-3-4-6-12(11)17/h11-12H,3-8H2,1-2H3,(H,16,18)/t11-,12-/m1/s1. The molecule has 0 spiro atoms. The Morgan fingerprint density at radius 2 is 2.16 bits per heavy atom. The first-order chi connectivity index (χ1) is 9.13. The summed E-state index contributed by atoms with van der Waals surface area (Å²) < 4.78 is 0. The second kappa shape index (κ2) is 5.21. The molecular weight excluding hydrogens is 258 g/mol. The van der Waals surface area contributed by atoms with E-state index >= 15 is 0 Å². The summed E-state index contributed by atoms with van der Waals surface area (Å²) in [7, 11) is 0. The second-order valence-electron chi connectivity index (χ2n) is 5.68. The van der Waals surface area contributed by atoms with E-state index in [2.05, 4.69) is 29.0 Å². The molecule has 2 fully saturated rings. The van der Waals surface area contributed by atoms with Crippen LogP contribution in [0.5, 0.6) is 0 Å². The fraction of sp³-hybridized carbons (Fsp3) is 0.714. The molecule has 3 rings (SSSR count). The Labute approximate surface area is 118 Å². The summed E-state index contributed by atoms with van der Waals surface area (Å²) in [6.07, 6.45) is 4.85. The number of carbonyl (C=O) groups is 1. The average molecular weight is 279 g/mol. The topological polar surface area (TPSA) is 45.2 Å². The fourth-order valence-corrected chi connectivity index (χ4v) is 4.18. The molecule has 1 aromatic heterocycles. The molecule has 4 nitrogen and oxygen atoms in total. The molecule has 19 heavy (non-hydrogen) atoms. The van der Waals surface area contributed by atoms with Crippen molar-refractivity contribution in [1.82, 2.24) is 15.2 Å². The number of rotatable bonds is 2. The zero-order valence-corrected chi connectivity index (χ0v) is 12.4. The number of hydrogen-bond donors (Lipinski definition) is 1. The lowest BCUT2D eigenvalue weighted by molar-refractivity contribution is -0.128. The summed E-state index contributed by atoms with van der Waals surface area (Å²) >= 11 is 1.76. The molecule has 1 saturated carbocycles. The number of thiazole rings is 1. The third-order valence-electron chi connectivity index (χ3n) is 4.30. The highest BCUT2D eigenvalue weighted by molar-refractivity contribution is 7.11. The largest absolute Gasteiger partial charge is 0.351 e. The van der Waals surface area contributed by atoms with Crippen LogP contribution in [0.25, 0.3) is 0 Å². The van der Waals surface area contributed by atoms with E-state index in [0.717, 1.165) is 23.7 Å². The van der Waals surface area contributed by atoms with Gasteiger partial charge in [0.1, 0.15) is 5.01 Å². The van der Waals surface area contributed by atoms with Crippen LogP contribution in [0.15, 0.2) is 0 Å². The van der Waals surface area contributed by atoms with Gasteiger partial charge in [0.2, 0.25) is 5.91 Å². The van der Waals surface area contributed by atoms with E-state index in [1.807, 2.05) is 0 Å². The normalized spacial score (nSPS) is 28.0. The number of fused-ring (bicyclic) bond motifs is 1. The fourth-order valence-electron chi connectivity index (χ4n) is 3.22. The van der Waals surface area contributed by atoms with Crippen LogP contribution in [-0.2, 0) is 11.3 Å². The molecule has 1 N–H and O–H groups in total. The SMILES string of the molecule is Cc1nc(CN2CC(=O)N[C@@H]3CCCC[C@H]32)sc1C. The van der Waals surface area contributed by atoms with Gasteiger partial charge in [0.25, 0.3) is 0 Å². The molecule has 1 aliphatic carbocycles. The lowest BCUT2D eigenvalue weighted by atomic mass is 9.87. The molecule has 5 heteroatoms. The highest BCUT2D eigenvalue weighted by Gasteiger charge is 2.36. The Balaban J connectivity index is 1.75. The van der Waals surface area contributed by atoms with Gasteiger partial charge in [-0.2, -0.15) is 0 Å². The molecule has 1 amide bonds. The average Bonchev–Trinajstić information content (AvgIpc) is 2.68. The van der Waals surface area contributed by atoms with Crippen LogP contribution in [0, 0.1) is 13.8 Å². The first-order valence-electron chi connectivity index (χ1n) is 7.10. The van der Waals surface area contributed by atoms with Crippen molar-refractivity contribution in [3.63, 3.8) is 0 Å². The highest BCUT2D eigenvalue weighted by Crippen LogP contribution is 2.28. The number of amides is 1. The maximum Gasteiger partial charge on any atom is 0.234 e. The zero-order chi connectivity index (χ0) is 13.4. The molecule has 1 aliphatic heterocycles. The van der Waals surface area contributed by atoms with E-state index in [9.17, 15) is 4.79 Å². The molecule has 1 saturated heterocycles. The van der Waals surface area contributed by atoms with Crippen LogP contribution in [0.4, 0.5) is 0 Å². The molecule has 0 unspecified atom stereocenters. The number of nitrogens with one attached hydrogen (secondary N) is 1. The van der Waals surface area contributed by atoms with Crippen molar-refractivity contribution in [2.75, 3.05) is 6.54 Å². The minimum absolute atomic E-state index is 0.174. The minimum atomic E-state index is 0.174. The van der Waals surface area contributed by atoms with Gasteiger partial charge in [0, 0.05) is 17.0 Å². The molecule has 0 bridgehead atoms. The second-order valence-corrected chi connectivity index (χ2v) is 6.97. The molecule has 0 radical (unpaired) electrons. The molecule has 104 valence electrons. The minimum Gasteiger partial charge on any atom is -0.351 e. The number of hydrogen-bond acceptors (Lipinski definition) is 4. The lowest BCUT2D eigenvalue weighted by Crippen LogP contribution is -2.61. The Morgan fingerprint density at radius 1 is 1.37 bits per heavy atom. The van der Waals surface area contributed by atoms with E-state index in [0.29, 0.717) is 18.6 Å². The van der Waals surface area contributed by atoms with Crippen LogP contribution in [-0.4, -0.2) is 34.4 Å². The number of aromatic nitrogens is 1. The monoisotopic (exact) mass is 279 g/mol. The van der Waals surface area contributed by atoms with Crippen molar-refractivity contribution in [2.24, 2.45) is 0 Å². The number of piperazine rings is 1. The van der Waals surface area contributed by atoms with Crippen LogP contribution in [0.3, 0.4) is 0 Å². The maximum atomic E-state index is 11.8. The predicted molar refractivity (Wildman–Crippen MR) is 76.2 cm³/mol. The van der Waals surface area contributed by atoms with Crippen molar-refractivity contribution in [1.29, 1.82) is 0 Å². The van der Waals surface area contributed by atoms with E-state index in [-0.39, 0.29) is 5.91 Å². The van der Waals surface area contributed by atoms with Crippen LogP contribution >= 0.6 is 11.3 Å². The summed E-state index contributed by atoms with van der Waals surface area (Å²) in [5.41, 5.74) is 1.13. The number of nitrogens with zero attached hydrogens (tertiary/aromatic N) is 2. The summed E-state index contributed by atoms with van der Waals surface area (Å²) in [4.78, 5) is 20.1. The summed E-state index contributed by atoms with van der Waals surface area (Å²) in [5, 5.41) is 4.30. The van der Waals surface area contributed by atoms with Gasteiger partial charge in [-0.3, -0.25) is 9.69 Å². The molecule has 1 aromatic rings. The molecule has 2 atom stereocenters. The first kappa shape index (κ1) is 13.1. The van der Waals surface area contributed by atoms with E-state index < -0.39 is 0 Å². The third-order valence-corrected chi connectivity index (χ3v) is 5.36. The number of aryl methyl sites for hydroxylation is 2. The van der Waals surface area contributed by atoms with Gasteiger partial charge in [-0.1, -0.05) is 12.8 Å². The first-order valence-corrected chi connectivity index (χ1v) is 7.91. The van der Waals surface area contributed by atoms with Crippen molar-refractivity contribution in [3.8, 4) is 0 Å². The van der Waals surface area contributed by atoms with Crippen molar-refractivity contribution >= 4 is 17.2 Å². The van der Waals surface area contributed by atoms with Crippen LogP contribution < -0.4 is 5.32 Å². The molecular formula is C14H21N3OS.